The summed E-state index contributed by atoms with van der Waals surface area (Å²) in [5.74, 6) is -2.30. The highest BCUT2D eigenvalue weighted by Crippen LogP contribution is 2.33. The number of carbonyl (C=O) groups excluding carboxylic acids is 3. The van der Waals surface area contributed by atoms with Gasteiger partial charge in [-0.1, -0.05) is 23.2 Å². The molecule has 1 heterocycles. The van der Waals surface area contributed by atoms with Crippen molar-refractivity contribution in [1.29, 1.82) is 0 Å². The van der Waals surface area contributed by atoms with Crippen LogP contribution in [-0.4, -0.2) is 17.8 Å². The standard InChI is InChI=1S/C12H9Cl2FN2O3/c1-12(2)9(18)16-11(20)17(10(12)19)5-3-6(13)8(15)7(14)4-5/h3-4H,1-2H3,(H,16,18,20). The summed E-state index contributed by atoms with van der Waals surface area (Å²) in [6.45, 7) is 2.74. The highest BCUT2D eigenvalue weighted by molar-refractivity contribution is 6.36. The molecule has 8 heteroatoms. The summed E-state index contributed by atoms with van der Waals surface area (Å²) in [7, 11) is 0. The number of halogens is 3. The molecule has 1 aliphatic heterocycles. The molecular formula is C12H9Cl2FN2O3. The second-order valence-electron chi connectivity index (χ2n) is 4.75. The van der Waals surface area contributed by atoms with Crippen LogP contribution in [0.3, 0.4) is 0 Å². The maximum atomic E-state index is 13.4. The molecule has 0 unspecified atom stereocenters. The lowest BCUT2D eigenvalue weighted by molar-refractivity contribution is -0.140. The number of imide groups is 2. The molecule has 5 nitrogen and oxygen atoms in total. The molecule has 0 atom stereocenters. The van der Waals surface area contributed by atoms with Crippen LogP contribution in [0.15, 0.2) is 12.1 Å². The predicted octanol–water partition coefficient (Wildman–Crippen LogP) is 2.74. The van der Waals surface area contributed by atoms with E-state index in [0.29, 0.717) is 4.90 Å². The van der Waals surface area contributed by atoms with Gasteiger partial charge in [0.15, 0.2) is 5.82 Å². The van der Waals surface area contributed by atoms with Gasteiger partial charge < -0.3 is 0 Å². The van der Waals surface area contributed by atoms with E-state index in [1.54, 1.807) is 0 Å². The van der Waals surface area contributed by atoms with Gasteiger partial charge in [0, 0.05) is 0 Å². The quantitative estimate of drug-likeness (QED) is 0.639. The first kappa shape index (κ1) is 14.7. The maximum Gasteiger partial charge on any atom is 0.335 e. The molecule has 1 aromatic carbocycles. The summed E-state index contributed by atoms with van der Waals surface area (Å²) >= 11 is 11.3. The molecule has 1 aromatic rings. The number of anilines is 1. The van der Waals surface area contributed by atoms with Gasteiger partial charge >= 0.3 is 6.03 Å². The van der Waals surface area contributed by atoms with Crippen LogP contribution in [0.25, 0.3) is 0 Å². The molecule has 4 amide bonds. The Morgan fingerprint density at radius 1 is 1.15 bits per heavy atom. The topological polar surface area (TPSA) is 66.5 Å². The van der Waals surface area contributed by atoms with E-state index >= 15 is 0 Å². The number of barbiturate groups is 1. The third-order valence-corrected chi connectivity index (χ3v) is 3.51. The van der Waals surface area contributed by atoms with E-state index in [-0.39, 0.29) is 15.7 Å². The van der Waals surface area contributed by atoms with E-state index in [9.17, 15) is 18.8 Å². The molecule has 1 N–H and O–H groups in total. The van der Waals surface area contributed by atoms with Crippen molar-refractivity contribution in [2.75, 3.05) is 4.90 Å². The fourth-order valence-corrected chi connectivity index (χ4v) is 2.16. The zero-order valence-corrected chi connectivity index (χ0v) is 12.0. The Labute approximate surface area is 123 Å². The number of nitrogens with one attached hydrogen (secondary N) is 1. The summed E-state index contributed by atoms with van der Waals surface area (Å²) in [4.78, 5) is 36.4. The van der Waals surface area contributed by atoms with Crippen LogP contribution < -0.4 is 10.2 Å². The molecule has 106 valence electrons. The molecule has 0 radical (unpaired) electrons. The van der Waals surface area contributed by atoms with Gasteiger partial charge in [-0.3, -0.25) is 14.9 Å². The van der Waals surface area contributed by atoms with Gasteiger partial charge in [-0.25, -0.2) is 14.1 Å². The molecule has 1 fully saturated rings. The van der Waals surface area contributed by atoms with Crippen LogP contribution in [0.5, 0.6) is 0 Å². The normalized spacial score (nSPS) is 18.2. The highest BCUT2D eigenvalue weighted by Gasteiger charge is 2.47. The first-order chi connectivity index (χ1) is 9.16. The average molecular weight is 319 g/mol. The number of nitrogens with zero attached hydrogens (tertiary/aromatic N) is 1. The Morgan fingerprint density at radius 3 is 2.15 bits per heavy atom. The Morgan fingerprint density at radius 2 is 1.65 bits per heavy atom. The minimum atomic E-state index is -1.43. The monoisotopic (exact) mass is 318 g/mol. The van der Waals surface area contributed by atoms with Crippen molar-refractivity contribution in [2.45, 2.75) is 13.8 Å². The Bertz CT molecular complexity index is 623. The molecule has 1 aliphatic rings. The lowest BCUT2D eigenvalue weighted by Gasteiger charge is -2.34. The van der Waals surface area contributed by atoms with Crippen molar-refractivity contribution in [3.63, 3.8) is 0 Å². The van der Waals surface area contributed by atoms with Crippen molar-refractivity contribution in [2.24, 2.45) is 5.41 Å². The number of hydrogen-bond donors (Lipinski definition) is 1. The lowest BCUT2D eigenvalue weighted by atomic mass is 9.88. The van der Waals surface area contributed by atoms with Crippen LogP contribution in [0.1, 0.15) is 13.8 Å². The van der Waals surface area contributed by atoms with E-state index < -0.39 is 29.1 Å². The molecule has 0 bridgehead atoms. The van der Waals surface area contributed by atoms with E-state index in [1.807, 2.05) is 5.32 Å². The molecular weight excluding hydrogens is 310 g/mol. The molecule has 0 spiro atoms. The third kappa shape index (κ3) is 2.14. The molecule has 20 heavy (non-hydrogen) atoms. The second-order valence-corrected chi connectivity index (χ2v) is 5.56. The molecule has 2 rings (SSSR count). The van der Waals surface area contributed by atoms with Crippen molar-refractivity contribution >= 4 is 46.7 Å². The number of benzene rings is 1. The van der Waals surface area contributed by atoms with Crippen molar-refractivity contribution in [3.05, 3.63) is 28.0 Å². The van der Waals surface area contributed by atoms with E-state index in [1.165, 1.54) is 13.8 Å². The number of hydrogen-bond acceptors (Lipinski definition) is 3. The predicted molar refractivity (Wildman–Crippen MR) is 71.2 cm³/mol. The fourth-order valence-electron chi connectivity index (χ4n) is 1.68. The summed E-state index contributed by atoms with van der Waals surface area (Å²) in [6.07, 6.45) is 0. The number of urea groups is 1. The molecule has 0 aromatic heterocycles. The average Bonchev–Trinajstić information content (AvgIpc) is 2.34. The van der Waals surface area contributed by atoms with Crippen molar-refractivity contribution in [1.82, 2.24) is 5.32 Å². The first-order valence-electron chi connectivity index (χ1n) is 5.50. The Kier molecular flexibility index (Phi) is 3.47. The number of rotatable bonds is 1. The molecule has 0 aliphatic carbocycles. The van der Waals surface area contributed by atoms with Crippen molar-refractivity contribution < 1.29 is 18.8 Å². The number of carbonyl (C=O) groups is 3. The summed E-state index contributed by atoms with van der Waals surface area (Å²) in [6, 6.07) is 1.25. The Balaban J connectivity index is 2.54. The molecule has 1 saturated heterocycles. The van der Waals surface area contributed by atoms with Crippen LogP contribution in [-0.2, 0) is 9.59 Å². The van der Waals surface area contributed by atoms with Crippen LogP contribution in [0, 0.1) is 11.2 Å². The van der Waals surface area contributed by atoms with Crippen LogP contribution in [0.4, 0.5) is 14.9 Å². The second kappa shape index (κ2) is 4.71. The van der Waals surface area contributed by atoms with E-state index in [2.05, 4.69) is 0 Å². The maximum absolute atomic E-state index is 13.4. The largest absolute Gasteiger partial charge is 0.335 e. The fraction of sp³-hybridized carbons (Fsp3) is 0.250. The zero-order chi connectivity index (χ0) is 15.2. The minimum Gasteiger partial charge on any atom is -0.276 e. The third-order valence-electron chi connectivity index (χ3n) is 2.96. The van der Waals surface area contributed by atoms with Crippen LogP contribution >= 0.6 is 23.2 Å². The summed E-state index contributed by atoms with van der Waals surface area (Å²) < 4.78 is 13.4. The van der Waals surface area contributed by atoms with Gasteiger partial charge in [0.1, 0.15) is 5.41 Å². The van der Waals surface area contributed by atoms with Gasteiger partial charge in [0.25, 0.3) is 0 Å². The number of amides is 4. The van der Waals surface area contributed by atoms with E-state index in [4.69, 9.17) is 23.2 Å². The minimum absolute atomic E-state index is 0.00975. The lowest BCUT2D eigenvalue weighted by Crippen LogP contribution is -2.62. The summed E-state index contributed by atoms with van der Waals surface area (Å²) in [5, 5.41) is 1.39. The van der Waals surface area contributed by atoms with Gasteiger partial charge in [0.05, 0.1) is 15.7 Å². The van der Waals surface area contributed by atoms with Gasteiger partial charge in [-0.2, -0.15) is 0 Å². The van der Waals surface area contributed by atoms with Gasteiger partial charge in [0.2, 0.25) is 11.8 Å². The zero-order valence-electron chi connectivity index (χ0n) is 10.5. The Hall–Kier alpha value is -1.66. The highest BCUT2D eigenvalue weighted by atomic mass is 35.5. The van der Waals surface area contributed by atoms with E-state index in [0.717, 1.165) is 12.1 Å². The van der Waals surface area contributed by atoms with Gasteiger partial charge in [-0.05, 0) is 26.0 Å². The SMILES string of the molecule is CC1(C)C(=O)NC(=O)N(c2cc(Cl)c(F)c(Cl)c2)C1=O. The summed E-state index contributed by atoms with van der Waals surface area (Å²) in [5.41, 5.74) is -1.44. The first-order valence-corrected chi connectivity index (χ1v) is 6.26. The smallest absolute Gasteiger partial charge is 0.276 e. The van der Waals surface area contributed by atoms with Crippen molar-refractivity contribution in [3.8, 4) is 0 Å². The van der Waals surface area contributed by atoms with Crippen LogP contribution in [0.2, 0.25) is 10.0 Å². The van der Waals surface area contributed by atoms with Gasteiger partial charge in [-0.15, -0.1) is 0 Å². The molecule has 0 saturated carbocycles.